The summed E-state index contributed by atoms with van der Waals surface area (Å²) in [7, 11) is 1.67. The van der Waals surface area contributed by atoms with Crippen molar-refractivity contribution < 1.29 is 14.6 Å². The lowest BCUT2D eigenvalue weighted by Gasteiger charge is -2.36. The van der Waals surface area contributed by atoms with Crippen LogP contribution in [0.4, 0.5) is 5.69 Å². The van der Waals surface area contributed by atoms with Gasteiger partial charge in [0.2, 0.25) is 5.91 Å². The van der Waals surface area contributed by atoms with Crippen molar-refractivity contribution >= 4 is 11.6 Å². The Kier molecular flexibility index (Phi) is 10.9. The van der Waals surface area contributed by atoms with Gasteiger partial charge >= 0.3 is 0 Å². The first-order valence-electron chi connectivity index (χ1n) is 8.44. The summed E-state index contributed by atoms with van der Waals surface area (Å²) < 4.78 is 5.33. The molecule has 0 saturated carbocycles. The predicted molar refractivity (Wildman–Crippen MR) is 96.3 cm³/mol. The molecule has 1 fully saturated rings. The number of carbonyl (C=O) groups excluding carboxylic acids is 1. The van der Waals surface area contributed by atoms with Crippen LogP contribution in [-0.2, 0) is 4.79 Å². The Morgan fingerprint density at radius 2 is 1.70 bits per heavy atom. The highest BCUT2D eigenvalue weighted by Crippen LogP contribution is 2.25. The number of hydrogen-bond acceptors (Lipinski definition) is 4. The van der Waals surface area contributed by atoms with Crippen LogP contribution in [0.3, 0.4) is 0 Å². The van der Waals surface area contributed by atoms with Crippen molar-refractivity contribution in [2.24, 2.45) is 0 Å². The summed E-state index contributed by atoms with van der Waals surface area (Å²) in [6.07, 6.45) is 0. The first kappa shape index (κ1) is 21.2. The van der Waals surface area contributed by atoms with Gasteiger partial charge in [-0.2, -0.15) is 0 Å². The Labute approximate surface area is 140 Å². The highest BCUT2D eigenvalue weighted by molar-refractivity contribution is 5.77. The van der Waals surface area contributed by atoms with Crippen LogP contribution in [-0.4, -0.2) is 55.8 Å². The van der Waals surface area contributed by atoms with E-state index >= 15 is 0 Å². The Morgan fingerprint density at radius 1 is 1.13 bits per heavy atom. The number of methoxy groups -OCH3 is 1. The summed E-state index contributed by atoms with van der Waals surface area (Å²) >= 11 is 0. The first-order chi connectivity index (χ1) is 11.2. The second-order valence-electron chi connectivity index (χ2n) is 4.68. The van der Waals surface area contributed by atoms with Crippen molar-refractivity contribution in [1.29, 1.82) is 0 Å². The number of carbonyl (C=O) groups is 1. The summed E-state index contributed by atoms with van der Waals surface area (Å²) in [5, 5.41) is 8.85. The molecule has 0 aliphatic carbocycles. The molecule has 1 aromatic rings. The minimum absolute atomic E-state index is 0.193. The van der Waals surface area contributed by atoms with E-state index in [2.05, 4.69) is 11.0 Å². The van der Waals surface area contributed by atoms with Crippen LogP contribution in [0.25, 0.3) is 0 Å². The Hall–Kier alpha value is -1.75. The summed E-state index contributed by atoms with van der Waals surface area (Å²) in [6.45, 7) is 12.5. The van der Waals surface area contributed by atoms with Gasteiger partial charge in [0.25, 0.3) is 0 Å². The summed E-state index contributed by atoms with van der Waals surface area (Å²) in [4.78, 5) is 15.3. The molecule has 5 heteroatoms. The Bertz CT molecular complexity index is 456. The van der Waals surface area contributed by atoms with E-state index in [1.165, 1.54) is 0 Å². The third kappa shape index (κ3) is 6.10. The zero-order valence-electron chi connectivity index (χ0n) is 15.4. The fourth-order valence-electron chi connectivity index (χ4n) is 2.32. The Morgan fingerprint density at radius 3 is 2.17 bits per heavy atom. The van der Waals surface area contributed by atoms with Gasteiger partial charge in [-0.25, -0.2) is 0 Å². The molecule has 1 aromatic carbocycles. The molecule has 0 bridgehead atoms. The topological polar surface area (TPSA) is 53.0 Å². The highest BCUT2D eigenvalue weighted by atomic mass is 16.5. The van der Waals surface area contributed by atoms with Crippen molar-refractivity contribution in [3.05, 3.63) is 23.8 Å². The highest BCUT2D eigenvalue weighted by Gasteiger charge is 2.20. The standard InChI is InChI=1S/C14H20N2O3.2C2H6/c1-11-3-4-12(9-13(11)19-2)15-5-7-16(8-6-15)14(18)10-17;2*1-2/h3-4,9,17H,5-8,10H2,1-2H3;2*1-2H3. The summed E-state index contributed by atoms with van der Waals surface area (Å²) in [6, 6.07) is 6.14. The van der Waals surface area contributed by atoms with E-state index in [9.17, 15) is 4.79 Å². The van der Waals surface area contributed by atoms with Crippen molar-refractivity contribution in [1.82, 2.24) is 4.90 Å². The number of rotatable bonds is 3. The number of aliphatic hydroxyl groups excluding tert-OH is 1. The molecule has 0 spiro atoms. The number of piperazine rings is 1. The third-order valence-electron chi connectivity index (χ3n) is 3.52. The molecule has 5 nitrogen and oxygen atoms in total. The number of anilines is 1. The molecule has 0 aromatic heterocycles. The van der Waals surface area contributed by atoms with Crippen LogP contribution in [0.1, 0.15) is 33.3 Å². The van der Waals surface area contributed by atoms with E-state index in [-0.39, 0.29) is 5.91 Å². The minimum atomic E-state index is -0.404. The van der Waals surface area contributed by atoms with Gasteiger partial charge in [0.05, 0.1) is 7.11 Å². The summed E-state index contributed by atoms with van der Waals surface area (Å²) in [5.74, 6) is 0.688. The Balaban J connectivity index is 0.00000112. The fourth-order valence-corrected chi connectivity index (χ4v) is 2.32. The zero-order chi connectivity index (χ0) is 17.8. The van der Waals surface area contributed by atoms with Crippen molar-refractivity contribution in [3.8, 4) is 5.75 Å². The molecule has 132 valence electrons. The van der Waals surface area contributed by atoms with Crippen LogP contribution in [0.5, 0.6) is 5.75 Å². The number of nitrogens with zero attached hydrogens (tertiary/aromatic N) is 2. The molecule has 1 saturated heterocycles. The SMILES string of the molecule is CC.CC.COc1cc(N2CCN(C(=O)CO)CC2)ccc1C. The number of hydrogen-bond donors (Lipinski definition) is 1. The van der Waals surface area contributed by atoms with Crippen LogP contribution in [0, 0.1) is 6.92 Å². The molecule has 1 heterocycles. The lowest BCUT2D eigenvalue weighted by atomic mass is 10.1. The van der Waals surface area contributed by atoms with Gasteiger partial charge in [-0.05, 0) is 18.6 Å². The van der Waals surface area contributed by atoms with Crippen molar-refractivity contribution in [3.63, 3.8) is 0 Å². The number of aliphatic hydroxyl groups is 1. The van der Waals surface area contributed by atoms with Crippen LogP contribution in [0.2, 0.25) is 0 Å². The third-order valence-corrected chi connectivity index (χ3v) is 3.52. The largest absolute Gasteiger partial charge is 0.496 e. The minimum Gasteiger partial charge on any atom is -0.496 e. The quantitative estimate of drug-likeness (QED) is 0.929. The second kappa shape index (κ2) is 11.8. The van der Waals surface area contributed by atoms with Gasteiger partial charge in [0.15, 0.2) is 0 Å². The van der Waals surface area contributed by atoms with E-state index in [0.29, 0.717) is 13.1 Å². The summed E-state index contributed by atoms with van der Waals surface area (Å²) in [5.41, 5.74) is 2.22. The van der Waals surface area contributed by atoms with E-state index < -0.39 is 6.61 Å². The van der Waals surface area contributed by atoms with E-state index in [1.54, 1.807) is 12.0 Å². The maximum absolute atomic E-state index is 11.4. The maximum atomic E-state index is 11.4. The smallest absolute Gasteiger partial charge is 0.248 e. The molecule has 0 atom stereocenters. The van der Waals surface area contributed by atoms with E-state index in [1.807, 2.05) is 46.8 Å². The normalized spacial score (nSPS) is 13.3. The number of aryl methyl sites for hydroxylation is 1. The first-order valence-corrected chi connectivity index (χ1v) is 8.44. The average molecular weight is 324 g/mol. The molecule has 1 N–H and O–H groups in total. The van der Waals surface area contributed by atoms with E-state index in [0.717, 1.165) is 30.1 Å². The van der Waals surface area contributed by atoms with E-state index in [4.69, 9.17) is 9.84 Å². The van der Waals surface area contributed by atoms with Gasteiger partial charge in [-0.1, -0.05) is 33.8 Å². The van der Waals surface area contributed by atoms with Crippen molar-refractivity contribution in [2.75, 3.05) is 44.8 Å². The lowest BCUT2D eigenvalue weighted by Crippen LogP contribution is -2.49. The predicted octanol–water partition coefficient (Wildman–Crippen LogP) is 2.70. The van der Waals surface area contributed by atoms with Gasteiger partial charge in [-0.3, -0.25) is 4.79 Å². The van der Waals surface area contributed by atoms with Crippen LogP contribution in [0.15, 0.2) is 18.2 Å². The molecular weight excluding hydrogens is 292 g/mol. The molecule has 0 unspecified atom stereocenters. The molecule has 0 radical (unpaired) electrons. The maximum Gasteiger partial charge on any atom is 0.248 e. The molecule has 1 amide bonds. The van der Waals surface area contributed by atoms with Gasteiger partial charge in [0.1, 0.15) is 12.4 Å². The molecule has 1 aliphatic heterocycles. The van der Waals surface area contributed by atoms with Gasteiger partial charge in [-0.15, -0.1) is 0 Å². The average Bonchev–Trinajstić information content (AvgIpc) is 2.65. The number of amides is 1. The van der Waals surface area contributed by atoms with Crippen molar-refractivity contribution in [2.45, 2.75) is 34.6 Å². The molecule has 2 rings (SSSR count). The number of benzene rings is 1. The zero-order valence-corrected chi connectivity index (χ0v) is 15.4. The van der Waals surface area contributed by atoms with Gasteiger partial charge < -0.3 is 19.6 Å². The monoisotopic (exact) mass is 324 g/mol. The number of ether oxygens (including phenoxy) is 1. The molecule has 23 heavy (non-hydrogen) atoms. The van der Waals surface area contributed by atoms with Gasteiger partial charge in [0, 0.05) is 37.9 Å². The molecule has 1 aliphatic rings. The molecular formula is C18H32N2O3. The lowest BCUT2D eigenvalue weighted by molar-refractivity contribution is -0.134. The van der Waals surface area contributed by atoms with Crippen LogP contribution >= 0.6 is 0 Å². The fraction of sp³-hybridized carbons (Fsp3) is 0.611. The second-order valence-corrected chi connectivity index (χ2v) is 4.68. The van der Waals surface area contributed by atoms with Crippen LogP contribution < -0.4 is 9.64 Å².